The molecule has 112 valence electrons. The molecule has 0 aromatic heterocycles. The van der Waals surface area contributed by atoms with E-state index in [4.69, 9.17) is 27.9 Å². The lowest BCUT2D eigenvalue weighted by Crippen LogP contribution is -1.99. The van der Waals surface area contributed by atoms with Crippen LogP contribution in [-0.4, -0.2) is 11.7 Å². The summed E-state index contributed by atoms with van der Waals surface area (Å²) in [5.41, 5.74) is 1.09. The molecule has 0 heterocycles. The zero-order chi connectivity index (χ0) is 15.2. The third kappa shape index (κ3) is 4.80. The van der Waals surface area contributed by atoms with Gasteiger partial charge in [0.2, 0.25) is 0 Å². The molecule has 0 spiro atoms. The van der Waals surface area contributed by atoms with Crippen LogP contribution in [0.3, 0.4) is 0 Å². The van der Waals surface area contributed by atoms with Crippen LogP contribution >= 0.6 is 23.2 Å². The van der Waals surface area contributed by atoms with Crippen molar-refractivity contribution in [1.82, 2.24) is 0 Å². The van der Waals surface area contributed by atoms with Crippen LogP contribution in [0.4, 0.5) is 4.39 Å². The van der Waals surface area contributed by atoms with E-state index in [-0.39, 0.29) is 11.6 Å². The number of aromatic hydroxyl groups is 1. The van der Waals surface area contributed by atoms with Crippen LogP contribution in [0.5, 0.6) is 11.5 Å². The first-order valence-electron chi connectivity index (χ1n) is 6.61. The summed E-state index contributed by atoms with van der Waals surface area (Å²) in [4.78, 5) is 0. The third-order valence-electron chi connectivity index (χ3n) is 3.00. The van der Waals surface area contributed by atoms with Gasteiger partial charge in [-0.2, -0.15) is 0 Å². The molecule has 0 radical (unpaired) electrons. The van der Waals surface area contributed by atoms with Crippen molar-refractivity contribution in [1.29, 1.82) is 0 Å². The second kappa shape index (κ2) is 7.53. The van der Waals surface area contributed by atoms with E-state index >= 15 is 0 Å². The molecule has 0 saturated carbocycles. The van der Waals surface area contributed by atoms with Crippen LogP contribution in [0.15, 0.2) is 36.4 Å². The Labute approximate surface area is 133 Å². The second-order valence-electron chi connectivity index (χ2n) is 4.67. The lowest BCUT2D eigenvalue weighted by molar-refractivity contribution is 0.307. The Bertz CT molecular complexity index is 577. The van der Waals surface area contributed by atoms with Crippen molar-refractivity contribution in [3.05, 3.63) is 57.8 Å². The third-order valence-corrected chi connectivity index (χ3v) is 3.56. The average molecular weight is 329 g/mol. The van der Waals surface area contributed by atoms with Gasteiger partial charge in [-0.25, -0.2) is 4.39 Å². The summed E-state index contributed by atoms with van der Waals surface area (Å²) < 4.78 is 18.3. The van der Waals surface area contributed by atoms with Gasteiger partial charge in [0.05, 0.1) is 16.7 Å². The van der Waals surface area contributed by atoms with Crippen LogP contribution in [0, 0.1) is 5.82 Å². The molecule has 0 aliphatic carbocycles. The molecule has 0 saturated heterocycles. The molecule has 0 atom stereocenters. The molecule has 0 amide bonds. The lowest BCUT2D eigenvalue weighted by Gasteiger charge is -2.10. The van der Waals surface area contributed by atoms with Crippen LogP contribution in [0.1, 0.15) is 18.4 Å². The fourth-order valence-corrected chi connectivity index (χ4v) is 2.53. The van der Waals surface area contributed by atoms with E-state index in [9.17, 15) is 9.50 Å². The molecule has 0 unspecified atom stereocenters. The smallest absolute Gasteiger partial charge is 0.156 e. The topological polar surface area (TPSA) is 29.5 Å². The first-order valence-corrected chi connectivity index (χ1v) is 7.37. The monoisotopic (exact) mass is 328 g/mol. The first-order chi connectivity index (χ1) is 10.1. The van der Waals surface area contributed by atoms with Crippen molar-refractivity contribution in [3.8, 4) is 11.5 Å². The lowest BCUT2D eigenvalue weighted by atomic mass is 10.1. The minimum Gasteiger partial charge on any atom is -0.508 e. The Morgan fingerprint density at radius 3 is 2.24 bits per heavy atom. The van der Waals surface area contributed by atoms with Crippen LogP contribution in [0.25, 0.3) is 0 Å². The zero-order valence-corrected chi connectivity index (χ0v) is 12.8. The number of phenols is 1. The van der Waals surface area contributed by atoms with Gasteiger partial charge in [-0.05, 0) is 37.0 Å². The molecule has 1 N–H and O–H groups in total. The Balaban J connectivity index is 1.76. The summed E-state index contributed by atoms with van der Waals surface area (Å²) in [6, 6.07) is 9.26. The van der Waals surface area contributed by atoms with Crippen molar-refractivity contribution in [2.24, 2.45) is 0 Å². The highest BCUT2D eigenvalue weighted by Gasteiger charge is 2.09. The van der Waals surface area contributed by atoms with Gasteiger partial charge in [0, 0.05) is 12.1 Å². The Morgan fingerprint density at radius 2 is 1.62 bits per heavy atom. The van der Waals surface area contributed by atoms with E-state index in [1.54, 1.807) is 12.1 Å². The van der Waals surface area contributed by atoms with E-state index in [1.807, 2.05) is 0 Å². The molecule has 2 aromatic rings. The number of benzene rings is 2. The van der Waals surface area contributed by atoms with Crippen molar-refractivity contribution in [2.45, 2.75) is 19.3 Å². The van der Waals surface area contributed by atoms with Gasteiger partial charge in [-0.3, -0.25) is 0 Å². The summed E-state index contributed by atoms with van der Waals surface area (Å²) >= 11 is 11.9. The van der Waals surface area contributed by atoms with Gasteiger partial charge < -0.3 is 9.84 Å². The van der Waals surface area contributed by atoms with Gasteiger partial charge >= 0.3 is 0 Å². The normalized spacial score (nSPS) is 10.6. The number of hydrogen-bond acceptors (Lipinski definition) is 2. The van der Waals surface area contributed by atoms with Crippen molar-refractivity contribution >= 4 is 23.2 Å². The van der Waals surface area contributed by atoms with Crippen molar-refractivity contribution < 1.29 is 14.2 Å². The molecule has 2 rings (SSSR count). The number of ether oxygens (including phenoxy) is 1. The molecule has 21 heavy (non-hydrogen) atoms. The molecule has 2 aromatic carbocycles. The molecular weight excluding hydrogens is 314 g/mol. The summed E-state index contributed by atoms with van der Waals surface area (Å²) in [5.74, 6) is 0.172. The summed E-state index contributed by atoms with van der Waals surface area (Å²) in [7, 11) is 0. The van der Waals surface area contributed by atoms with E-state index in [1.165, 1.54) is 24.3 Å². The van der Waals surface area contributed by atoms with E-state index in [0.29, 0.717) is 22.4 Å². The highest BCUT2D eigenvalue weighted by Crippen LogP contribution is 2.36. The Kier molecular flexibility index (Phi) is 5.71. The SMILES string of the molecule is Oc1cc(Cl)c(OCCCCc2ccc(F)cc2)c(Cl)c1. The number of phenolic OH excluding ortho intramolecular Hbond substituents is 1. The van der Waals surface area contributed by atoms with Gasteiger partial charge in [-0.15, -0.1) is 0 Å². The van der Waals surface area contributed by atoms with Gasteiger partial charge in [0.25, 0.3) is 0 Å². The van der Waals surface area contributed by atoms with Crippen LogP contribution < -0.4 is 4.74 Å². The van der Waals surface area contributed by atoms with Gasteiger partial charge in [0.1, 0.15) is 11.6 Å². The highest BCUT2D eigenvalue weighted by atomic mass is 35.5. The van der Waals surface area contributed by atoms with Crippen LogP contribution in [-0.2, 0) is 6.42 Å². The Hall–Kier alpha value is -1.45. The maximum Gasteiger partial charge on any atom is 0.156 e. The molecule has 0 aliphatic heterocycles. The number of unbranched alkanes of at least 4 members (excludes halogenated alkanes) is 1. The predicted octanol–water partition coefficient (Wildman–Crippen LogP) is 5.24. The highest BCUT2D eigenvalue weighted by molar-refractivity contribution is 6.37. The molecule has 0 aliphatic rings. The van der Waals surface area contributed by atoms with Crippen LogP contribution in [0.2, 0.25) is 10.0 Å². The maximum absolute atomic E-state index is 12.8. The number of aryl methyl sites for hydroxylation is 1. The van der Waals surface area contributed by atoms with E-state index < -0.39 is 0 Å². The fourth-order valence-electron chi connectivity index (χ4n) is 1.94. The number of hydrogen-bond donors (Lipinski definition) is 1. The second-order valence-corrected chi connectivity index (χ2v) is 5.48. The summed E-state index contributed by atoms with van der Waals surface area (Å²) in [5, 5.41) is 9.90. The minimum atomic E-state index is -0.223. The quantitative estimate of drug-likeness (QED) is 0.735. The fraction of sp³-hybridized carbons (Fsp3) is 0.250. The number of rotatable bonds is 6. The number of halogens is 3. The largest absolute Gasteiger partial charge is 0.508 e. The van der Waals surface area contributed by atoms with E-state index in [2.05, 4.69) is 0 Å². The van der Waals surface area contributed by atoms with E-state index in [0.717, 1.165) is 24.8 Å². The molecule has 0 fully saturated rings. The molecule has 5 heteroatoms. The zero-order valence-electron chi connectivity index (χ0n) is 11.3. The molecule has 0 bridgehead atoms. The van der Waals surface area contributed by atoms with Gasteiger partial charge in [-0.1, -0.05) is 35.3 Å². The summed E-state index contributed by atoms with van der Waals surface area (Å²) in [6.07, 6.45) is 2.60. The Morgan fingerprint density at radius 1 is 1.00 bits per heavy atom. The van der Waals surface area contributed by atoms with Crippen molar-refractivity contribution in [2.75, 3.05) is 6.61 Å². The first kappa shape index (κ1) is 15.9. The predicted molar refractivity (Wildman–Crippen MR) is 83.0 cm³/mol. The van der Waals surface area contributed by atoms with Gasteiger partial charge in [0.15, 0.2) is 5.75 Å². The minimum absolute atomic E-state index is 0.00802. The average Bonchev–Trinajstić information content (AvgIpc) is 2.43. The molecular formula is C16H15Cl2FO2. The summed E-state index contributed by atoms with van der Waals surface area (Å²) in [6.45, 7) is 0.478. The molecule has 2 nitrogen and oxygen atoms in total. The van der Waals surface area contributed by atoms with Crippen molar-refractivity contribution in [3.63, 3.8) is 0 Å². The standard InChI is InChI=1S/C16H15Cl2FO2/c17-14-9-13(20)10-15(18)16(14)21-8-2-1-3-11-4-6-12(19)7-5-11/h4-7,9-10,20H,1-3,8H2. The maximum atomic E-state index is 12.8.